The lowest BCUT2D eigenvalue weighted by molar-refractivity contribution is -0.136. The molecule has 0 aromatic heterocycles. The van der Waals surface area contributed by atoms with E-state index in [4.69, 9.17) is 24.7 Å². The zero-order chi connectivity index (χ0) is 24.3. The highest BCUT2D eigenvalue weighted by Crippen LogP contribution is 2.20. The zero-order valence-corrected chi connectivity index (χ0v) is 18.5. The number of nitrogens with zero attached hydrogens (tertiary/aromatic N) is 2. The van der Waals surface area contributed by atoms with E-state index in [2.05, 4.69) is 11.2 Å². The van der Waals surface area contributed by atoms with Crippen molar-refractivity contribution in [2.24, 2.45) is 5.16 Å². The number of halogens is 1. The molecular formula is C26H23FN2O5. The van der Waals surface area contributed by atoms with Crippen LogP contribution in [0, 0.1) is 17.1 Å². The molecule has 3 rings (SSSR count). The lowest BCUT2D eigenvalue weighted by atomic mass is 10.1. The first-order chi connectivity index (χ1) is 16.5. The predicted molar refractivity (Wildman–Crippen MR) is 123 cm³/mol. The summed E-state index contributed by atoms with van der Waals surface area (Å²) in [5.41, 5.74) is 3.12. The van der Waals surface area contributed by atoms with Crippen molar-refractivity contribution in [3.63, 3.8) is 0 Å². The number of ether oxygens (including phenoxy) is 2. The van der Waals surface area contributed by atoms with Gasteiger partial charge in [-0.15, -0.1) is 0 Å². The Labute approximate surface area is 196 Å². The van der Waals surface area contributed by atoms with Gasteiger partial charge in [0, 0.05) is 18.1 Å². The van der Waals surface area contributed by atoms with E-state index in [1.54, 1.807) is 42.5 Å². The molecule has 0 heterocycles. The quantitative estimate of drug-likeness (QED) is 0.327. The summed E-state index contributed by atoms with van der Waals surface area (Å²) in [4.78, 5) is 15.6. The Bertz CT molecular complexity index is 1190. The molecule has 1 N–H and O–H groups in total. The minimum atomic E-state index is -0.969. The number of oxime groups is 1. The van der Waals surface area contributed by atoms with E-state index in [0.717, 1.165) is 11.1 Å². The third-order valence-corrected chi connectivity index (χ3v) is 4.89. The van der Waals surface area contributed by atoms with Gasteiger partial charge in [0.05, 0.1) is 11.6 Å². The molecule has 0 saturated carbocycles. The number of carboxylic acid groups (broad SMARTS) is 1. The summed E-state index contributed by atoms with van der Waals surface area (Å²) in [5, 5.41) is 21.7. The maximum Gasteiger partial charge on any atom is 0.303 e. The highest BCUT2D eigenvalue weighted by molar-refractivity contribution is 6.01. The average molecular weight is 462 g/mol. The van der Waals surface area contributed by atoms with Gasteiger partial charge in [-0.3, -0.25) is 4.79 Å². The third-order valence-electron chi connectivity index (χ3n) is 4.89. The van der Waals surface area contributed by atoms with Gasteiger partial charge in [-0.2, -0.15) is 5.26 Å². The summed E-state index contributed by atoms with van der Waals surface area (Å²) in [6.45, 7) is 0.402. The van der Waals surface area contributed by atoms with Crippen LogP contribution in [0.4, 0.5) is 4.39 Å². The van der Waals surface area contributed by atoms with Gasteiger partial charge in [-0.1, -0.05) is 35.5 Å². The van der Waals surface area contributed by atoms with Gasteiger partial charge in [0.1, 0.15) is 43.4 Å². The van der Waals surface area contributed by atoms with Crippen LogP contribution in [0.2, 0.25) is 0 Å². The molecule has 0 spiro atoms. The van der Waals surface area contributed by atoms with E-state index >= 15 is 0 Å². The largest absolute Gasteiger partial charge is 0.489 e. The number of nitriles is 1. The second kappa shape index (κ2) is 12.0. The molecule has 0 aliphatic heterocycles. The molecule has 0 aliphatic rings. The minimum Gasteiger partial charge on any atom is -0.489 e. The molecule has 0 bridgehead atoms. The predicted octanol–water partition coefficient (Wildman–Crippen LogP) is 4.72. The molecule has 0 unspecified atom stereocenters. The van der Waals surface area contributed by atoms with Crippen molar-refractivity contribution >= 4 is 11.7 Å². The molecule has 174 valence electrons. The van der Waals surface area contributed by atoms with Crippen LogP contribution in [0.5, 0.6) is 11.5 Å². The SMILES string of the molecule is CON=C(COc1ccc(COc2ccc(CCC(=O)O)c(F)c2)cc1)c1ccc(C#N)cc1. The fourth-order valence-corrected chi connectivity index (χ4v) is 3.07. The van der Waals surface area contributed by atoms with Crippen LogP contribution in [-0.4, -0.2) is 30.5 Å². The Morgan fingerprint density at radius 2 is 1.74 bits per heavy atom. The second-order valence-corrected chi connectivity index (χ2v) is 7.28. The Hall–Kier alpha value is -4.38. The molecule has 3 aromatic carbocycles. The lowest BCUT2D eigenvalue weighted by Gasteiger charge is -2.11. The van der Waals surface area contributed by atoms with Crippen LogP contribution in [-0.2, 0) is 22.7 Å². The number of carbonyl (C=O) groups is 1. The molecule has 0 aliphatic carbocycles. The smallest absolute Gasteiger partial charge is 0.303 e. The fourth-order valence-electron chi connectivity index (χ4n) is 3.07. The summed E-state index contributed by atoms with van der Waals surface area (Å²) in [6, 6.07) is 20.7. The Kier molecular flexibility index (Phi) is 8.58. The number of rotatable bonds is 11. The van der Waals surface area contributed by atoms with Crippen molar-refractivity contribution in [3.05, 3.63) is 94.8 Å². The minimum absolute atomic E-state index is 0.127. The van der Waals surface area contributed by atoms with Crippen LogP contribution in [0.25, 0.3) is 0 Å². The number of hydrogen-bond donors (Lipinski definition) is 1. The Morgan fingerprint density at radius 1 is 1.03 bits per heavy atom. The van der Waals surface area contributed by atoms with Crippen LogP contribution < -0.4 is 9.47 Å². The van der Waals surface area contributed by atoms with Gasteiger partial charge in [0.15, 0.2) is 0 Å². The third kappa shape index (κ3) is 7.07. The maximum absolute atomic E-state index is 14.1. The molecule has 0 radical (unpaired) electrons. The first kappa shape index (κ1) is 24.3. The first-order valence-electron chi connectivity index (χ1n) is 10.4. The van der Waals surface area contributed by atoms with Crippen molar-refractivity contribution < 1.29 is 28.6 Å². The molecule has 8 heteroatoms. The van der Waals surface area contributed by atoms with E-state index in [-0.39, 0.29) is 26.1 Å². The highest BCUT2D eigenvalue weighted by Gasteiger charge is 2.09. The summed E-state index contributed by atoms with van der Waals surface area (Å²) in [5.74, 6) is -0.475. The zero-order valence-electron chi connectivity index (χ0n) is 18.5. The molecule has 0 amide bonds. The Balaban J connectivity index is 1.54. The fraction of sp³-hybridized carbons (Fsp3) is 0.192. The van der Waals surface area contributed by atoms with Crippen molar-refractivity contribution in [2.75, 3.05) is 13.7 Å². The van der Waals surface area contributed by atoms with Crippen LogP contribution >= 0.6 is 0 Å². The van der Waals surface area contributed by atoms with Crippen LogP contribution in [0.15, 0.2) is 71.9 Å². The molecule has 0 saturated heterocycles. The van der Waals surface area contributed by atoms with Crippen LogP contribution in [0.1, 0.15) is 28.7 Å². The summed E-state index contributed by atoms with van der Waals surface area (Å²) >= 11 is 0. The van der Waals surface area contributed by atoms with E-state index in [1.807, 2.05) is 12.1 Å². The summed E-state index contributed by atoms with van der Waals surface area (Å²) in [7, 11) is 1.45. The van der Waals surface area contributed by atoms with Crippen molar-refractivity contribution in [1.29, 1.82) is 5.26 Å². The van der Waals surface area contributed by atoms with E-state index < -0.39 is 11.8 Å². The van der Waals surface area contributed by atoms with E-state index in [9.17, 15) is 9.18 Å². The maximum atomic E-state index is 14.1. The number of hydrogen-bond acceptors (Lipinski definition) is 6. The molecular weight excluding hydrogens is 439 g/mol. The van der Waals surface area contributed by atoms with Gasteiger partial charge >= 0.3 is 5.97 Å². The lowest BCUT2D eigenvalue weighted by Crippen LogP contribution is -2.13. The topological polar surface area (TPSA) is 101 Å². The number of benzene rings is 3. The van der Waals surface area contributed by atoms with Crippen LogP contribution in [0.3, 0.4) is 0 Å². The molecule has 0 fully saturated rings. The molecule has 3 aromatic rings. The Morgan fingerprint density at radius 3 is 2.35 bits per heavy atom. The average Bonchev–Trinajstić information content (AvgIpc) is 2.85. The molecule has 7 nitrogen and oxygen atoms in total. The molecule has 0 atom stereocenters. The van der Waals surface area contributed by atoms with Gasteiger partial charge < -0.3 is 19.4 Å². The normalized spacial score (nSPS) is 10.9. The number of aryl methyl sites for hydroxylation is 1. The summed E-state index contributed by atoms with van der Waals surface area (Å²) in [6.07, 6.45) is 0.00270. The van der Waals surface area contributed by atoms with Crippen molar-refractivity contribution in [3.8, 4) is 17.6 Å². The number of carboxylic acids is 1. The first-order valence-corrected chi connectivity index (χ1v) is 10.4. The van der Waals surface area contributed by atoms with Gasteiger partial charge in [0.25, 0.3) is 0 Å². The number of aliphatic carboxylic acids is 1. The van der Waals surface area contributed by atoms with E-state index in [0.29, 0.717) is 28.3 Å². The van der Waals surface area contributed by atoms with Gasteiger partial charge in [-0.25, -0.2) is 4.39 Å². The van der Waals surface area contributed by atoms with Crippen molar-refractivity contribution in [2.45, 2.75) is 19.4 Å². The monoisotopic (exact) mass is 462 g/mol. The summed E-state index contributed by atoms with van der Waals surface area (Å²) < 4.78 is 25.6. The second-order valence-electron chi connectivity index (χ2n) is 7.28. The van der Waals surface area contributed by atoms with Gasteiger partial charge in [0.2, 0.25) is 0 Å². The molecule has 34 heavy (non-hydrogen) atoms. The van der Waals surface area contributed by atoms with Crippen molar-refractivity contribution in [1.82, 2.24) is 0 Å². The highest BCUT2D eigenvalue weighted by atomic mass is 19.1. The standard InChI is InChI=1S/C26H23FN2O5/c1-32-29-25(21-6-2-18(15-28)3-7-21)17-34-22-10-4-19(5-11-22)16-33-23-12-8-20(24(27)14-23)9-13-26(30)31/h2-8,10-12,14H,9,13,16-17H2,1H3,(H,30,31). The van der Waals surface area contributed by atoms with E-state index in [1.165, 1.54) is 19.2 Å². The van der Waals surface area contributed by atoms with Gasteiger partial charge in [-0.05, 0) is 47.9 Å².